The highest BCUT2D eigenvalue weighted by molar-refractivity contribution is 7.99. The minimum Gasteiger partial charge on any atom is -0.490 e. The van der Waals surface area contributed by atoms with Crippen molar-refractivity contribution in [3.63, 3.8) is 0 Å². The van der Waals surface area contributed by atoms with Gasteiger partial charge in [-0.05, 0) is 123 Å². The average molecular weight is 651 g/mol. The second-order valence-corrected chi connectivity index (χ2v) is 16.6. The number of nitrogens with one attached hydrogen (secondary N) is 1. The van der Waals surface area contributed by atoms with E-state index in [1.165, 1.54) is 18.1 Å². The van der Waals surface area contributed by atoms with Gasteiger partial charge in [-0.15, -0.1) is 0 Å². The number of ether oxygens (including phenoxy) is 2. The Labute approximate surface area is 271 Å². The largest absolute Gasteiger partial charge is 0.490 e. The minimum atomic E-state index is -2.88. The molecule has 1 amide bonds. The lowest BCUT2D eigenvalue weighted by atomic mass is 9.68. The van der Waals surface area contributed by atoms with Crippen LogP contribution in [0, 0.1) is 23.7 Å². The van der Waals surface area contributed by atoms with Crippen molar-refractivity contribution >= 4 is 44.7 Å². The summed E-state index contributed by atoms with van der Waals surface area (Å²) in [5, 5.41) is 0.747. The third-order valence-corrected chi connectivity index (χ3v) is 12.5. The number of fused-ring (bicyclic) bond motifs is 4. The Morgan fingerprint density at radius 3 is 2.71 bits per heavy atom. The number of esters is 1. The predicted octanol–water partition coefficient (Wildman–Crippen LogP) is 6.12. The maximum Gasteiger partial charge on any atom is 0.303 e. The molecule has 2 aromatic rings. The van der Waals surface area contributed by atoms with Gasteiger partial charge in [0.05, 0.1) is 12.3 Å². The molecular weight excluding hydrogens is 608 g/mol. The van der Waals surface area contributed by atoms with Crippen LogP contribution in [0.2, 0.25) is 5.02 Å². The van der Waals surface area contributed by atoms with Crippen molar-refractivity contribution in [2.75, 3.05) is 30.3 Å². The molecule has 2 bridgehead atoms. The van der Waals surface area contributed by atoms with E-state index >= 15 is 0 Å². The number of amides is 1. The zero-order chi connectivity index (χ0) is 31.3. The van der Waals surface area contributed by atoms with Crippen LogP contribution >= 0.6 is 11.6 Å². The molecule has 0 aromatic heterocycles. The van der Waals surface area contributed by atoms with E-state index in [9.17, 15) is 13.8 Å². The van der Waals surface area contributed by atoms with Gasteiger partial charge in [0.1, 0.15) is 11.9 Å². The monoisotopic (exact) mass is 650 g/mol. The molecule has 2 saturated carbocycles. The van der Waals surface area contributed by atoms with Crippen LogP contribution in [0.4, 0.5) is 5.69 Å². The topological polar surface area (TPSA) is 84.9 Å². The summed E-state index contributed by atoms with van der Waals surface area (Å²) in [7, 11) is -2.88. The van der Waals surface area contributed by atoms with Gasteiger partial charge in [0.25, 0.3) is 5.91 Å². The lowest BCUT2D eigenvalue weighted by Gasteiger charge is -2.46. The second-order valence-electron chi connectivity index (χ2n) is 14.0. The summed E-state index contributed by atoms with van der Waals surface area (Å²) in [6, 6.07) is 11.8. The van der Waals surface area contributed by atoms with E-state index in [2.05, 4.69) is 39.8 Å². The van der Waals surface area contributed by atoms with Crippen LogP contribution in [0.3, 0.4) is 0 Å². The lowest BCUT2D eigenvalue weighted by molar-refractivity contribution is -0.149. The summed E-state index contributed by atoms with van der Waals surface area (Å²) in [4.78, 5) is 28.2. The first-order chi connectivity index (χ1) is 21.6. The number of hydrogen-bond donors (Lipinski definition) is 1. The molecule has 1 unspecified atom stereocenters. The first-order valence-corrected chi connectivity index (χ1v) is 18.7. The third kappa shape index (κ3) is 6.37. The van der Waals surface area contributed by atoms with E-state index in [0.29, 0.717) is 29.8 Å². The number of halogens is 1. The van der Waals surface area contributed by atoms with Crippen molar-refractivity contribution in [3.05, 3.63) is 70.3 Å². The Morgan fingerprint density at radius 2 is 1.96 bits per heavy atom. The van der Waals surface area contributed by atoms with Crippen LogP contribution in [-0.4, -0.2) is 53.5 Å². The highest BCUT2D eigenvalue weighted by atomic mass is 35.5. The van der Waals surface area contributed by atoms with E-state index < -0.39 is 9.71 Å². The molecule has 6 atom stereocenters. The van der Waals surface area contributed by atoms with Gasteiger partial charge in [0.2, 0.25) is 0 Å². The highest BCUT2D eigenvalue weighted by Crippen LogP contribution is 2.47. The summed E-state index contributed by atoms with van der Waals surface area (Å²) < 4.78 is 29.0. The first kappa shape index (κ1) is 30.7. The van der Waals surface area contributed by atoms with Crippen molar-refractivity contribution < 1.29 is 23.3 Å². The summed E-state index contributed by atoms with van der Waals surface area (Å²) in [6.07, 6.45) is 11.8. The van der Waals surface area contributed by atoms with Crippen LogP contribution in [0.15, 0.2) is 48.6 Å². The van der Waals surface area contributed by atoms with E-state index in [0.717, 1.165) is 80.9 Å². The Bertz CT molecular complexity index is 1640. The van der Waals surface area contributed by atoms with E-state index in [-0.39, 0.29) is 35.2 Å². The predicted molar refractivity (Wildman–Crippen MR) is 180 cm³/mol. The molecule has 3 aliphatic carbocycles. The van der Waals surface area contributed by atoms with Gasteiger partial charge >= 0.3 is 5.97 Å². The van der Waals surface area contributed by atoms with E-state index in [1.807, 2.05) is 18.2 Å². The SMILES string of the molecule is C=S1(=O)C[C@@H](C2CC2)C/C=C/[C@H](OC(C)=O)[C@@H]2CC[C@H]2CN2C[C@@]3(CCCc4cc(Cl)ccc43)COc3ccc(cc32)C(=O)N1. The molecule has 2 fully saturated rings. The van der Waals surface area contributed by atoms with Crippen molar-refractivity contribution in [1.29, 1.82) is 0 Å². The molecule has 7 rings (SSSR count). The van der Waals surface area contributed by atoms with Crippen molar-refractivity contribution in [2.45, 2.75) is 69.8 Å². The zero-order valence-corrected chi connectivity index (χ0v) is 27.5. The van der Waals surface area contributed by atoms with E-state index in [4.69, 9.17) is 21.1 Å². The minimum absolute atomic E-state index is 0.148. The fourth-order valence-corrected chi connectivity index (χ4v) is 10.1. The summed E-state index contributed by atoms with van der Waals surface area (Å²) in [6.45, 7) is 3.48. The van der Waals surface area contributed by atoms with Crippen molar-refractivity contribution in [1.82, 2.24) is 4.72 Å². The van der Waals surface area contributed by atoms with Gasteiger partial charge in [0.15, 0.2) is 0 Å². The molecular formula is C36H43ClN2O5S. The third-order valence-electron chi connectivity index (χ3n) is 10.8. The molecule has 2 aromatic carbocycles. The van der Waals surface area contributed by atoms with Gasteiger partial charge in [0, 0.05) is 57.4 Å². The van der Waals surface area contributed by atoms with E-state index in [1.54, 1.807) is 6.07 Å². The molecule has 1 N–H and O–H groups in total. The molecule has 7 nitrogen and oxygen atoms in total. The summed E-state index contributed by atoms with van der Waals surface area (Å²) >= 11 is 6.43. The molecule has 2 aliphatic heterocycles. The number of anilines is 1. The number of benzene rings is 2. The van der Waals surface area contributed by atoms with Crippen LogP contribution < -0.4 is 14.4 Å². The zero-order valence-electron chi connectivity index (χ0n) is 26.0. The maximum atomic E-state index is 13.7. The van der Waals surface area contributed by atoms with Gasteiger partial charge in [-0.25, -0.2) is 4.21 Å². The van der Waals surface area contributed by atoms with Crippen molar-refractivity contribution in [3.8, 4) is 5.75 Å². The smallest absolute Gasteiger partial charge is 0.303 e. The number of aryl methyl sites for hydroxylation is 1. The maximum absolute atomic E-state index is 13.7. The molecule has 0 radical (unpaired) electrons. The Hall–Kier alpha value is -2.97. The number of allylic oxidation sites excluding steroid dienone is 1. The fourth-order valence-electron chi connectivity index (χ4n) is 8.22. The van der Waals surface area contributed by atoms with Gasteiger partial charge in [-0.1, -0.05) is 23.7 Å². The Kier molecular flexibility index (Phi) is 8.18. The molecule has 240 valence electrons. The molecule has 5 aliphatic rings. The average Bonchev–Trinajstić information content (AvgIpc) is 3.82. The number of carbonyl (C=O) groups is 2. The van der Waals surface area contributed by atoms with Gasteiger partial charge < -0.3 is 14.4 Å². The molecule has 45 heavy (non-hydrogen) atoms. The van der Waals surface area contributed by atoms with Crippen molar-refractivity contribution in [2.24, 2.45) is 23.7 Å². The summed E-state index contributed by atoms with van der Waals surface area (Å²) in [5.41, 5.74) is 3.62. The van der Waals surface area contributed by atoms with Gasteiger partial charge in [-0.2, -0.15) is 0 Å². The standard InChI is InChI=1S/C36H43ClN2O5S/c1-23(40)44-33-7-3-5-28(24-8-9-24)20-45(2,42)38-35(41)26-11-15-34-32(18-26)39(19-27-10-13-30(27)33)21-36(22-43-34)16-4-6-25-17-29(37)12-14-31(25)36/h3,7,11-12,14-15,17-18,24,27-28,30,33H,2,4-6,8-10,13,16,19-22H2,1H3,(H,38,41,42)/b7-3+/t27-,28-,30+,33-,36-,45?/m0/s1. The Morgan fingerprint density at radius 1 is 1.13 bits per heavy atom. The number of carbonyl (C=O) groups excluding carboxylic acids is 2. The van der Waals surface area contributed by atoms with Gasteiger partial charge in [-0.3, -0.25) is 14.3 Å². The number of hydrogen-bond acceptors (Lipinski definition) is 6. The molecule has 0 saturated heterocycles. The van der Waals surface area contributed by atoms with Crippen LogP contribution in [0.1, 0.15) is 73.4 Å². The second kappa shape index (κ2) is 12.0. The number of rotatable bonds is 2. The Balaban J connectivity index is 1.29. The quantitative estimate of drug-likeness (QED) is 0.240. The normalized spacial score (nSPS) is 33.8. The van der Waals surface area contributed by atoms with Crippen LogP contribution in [-0.2, 0) is 31.1 Å². The fraction of sp³-hybridized carbons (Fsp3) is 0.528. The molecule has 9 heteroatoms. The summed E-state index contributed by atoms with van der Waals surface area (Å²) in [5.74, 6) is 5.52. The van der Waals surface area contributed by atoms with Crippen LogP contribution in [0.25, 0.3) is 0 Å². The van der Waals surface area contributed by atoms with Crippen LogP contribution in [0.5, 0.6) is 5.75 Å². The lowest BCUT2D eigenvalue weighted by Crippen LogP contribution is -2.49. The highest BCUT2D eigenvalue weighted by Gasteiger charge is 2.45. The first-order valence-electron chi connectivity index (χ1n) is 16.4. The number of nitrogens with zero attached hydrogens (tertiary/aromatic N) is 1. The molecule has 1 spiro atoms. The molecule has 2 heterocycles.